The fraction of sp³-hybridized carbons (Fsp3) is 0.857. The van der Waals surface area contributed by atoms with E-state index in [1.807, 2.05) is 6.92 Å². The third-order valence-corrected chi connectivity index (χ3v) is 1.89. The third kappa shape index (κ3) is 2.08. The molecule has 0 bridgehead atoms. The van der Waals surface area contributed by atoms with Crippen molar-refractivity contribution in [1.82, 2.24) is 10.2 Å². The van der Waals surface area contributed by atoms with Crippen LogP contribution in [0.25, 0.3) is 0 Å². The van der Waals surface area contributed by atoms with E-state index < -0.39 is 0 Å². The number of urea groups is 1. The summed E-state index contributed by atoms with van der Waals surface area (Å²) >= 11 is 0. The van der Waals surface area contributed by atoms with E-state index in [1.54, 1.807) is 4.90 Å². The van der Waals surface area contributed by atoms with E-state index in [9.17, 15) is 4.79 Å². The van der Waals surface area contributed by atoms with Gasteiger partial charge in [0.25, 0.3) is 0 Å². The highest BCUT2D eigenvalue weighted by atomic mass is 16.2. The molecule has 11 heavy (non-hydrogen) atoms. The molecule has 64 valence electrons. The maximum atomic E-state index is 11.2. The van der Waals surface area contributed by atoms with Crippen LogP contribution >= 0.6 is 0 Å². The minimum atomic E-state index is 0.0224. The minimum Gasteiger partial charge on any atom is -0.335 e. The lowest BCUT2D eigenvalue weighted by atomic mass is 10.2. The Balaban J connectivity index is 2.38. The fourth-order valence-corrected chi connectivity index (χ4v) is 1.19. The van der Waals surface area contributed by atoms with Gasteiger partial charge in [-0.1, -0.05) is 0 Å². The van der Waals surface area contributed by atoms with Crippen LogP contribution in [0.1, 0.15) is 13.3 Å². The van der Waals surface area contributed by atoms with E-state index in [-0.39, 0.29) is 6.03 Å². The highest BCUT2D eigenvalue weighted by molar-refractivity contribution is 5.75. The SMILES string of the molecule is C[C@H]1CCN(CCN)C(=O)N1. The van der Waals surface area contributed by atoms with Crippen LogP contribution in [0.4, 0.5) is 4.79 Å². The van der Waals surface area contributed by atoms with Crippen LogP contribution in [0.3, 0.4) is 0 Å². The molecule has 1 atom stereocenters. The predicted molar refractivity (Wildman–Crippen MR) is 43.2 cm³/mol. The Labute approximate surface area is 66.7 Å². The summed E-state index contributed by atoms with van der Waals surface area (Å²) in [6.07, 6.45) is 1.02. The molecular weight excluding hydrogens is 142 g/mol. The molecule has 1 aliphatic heterocycles. The molecule has 0 radical (unpaired) electrons. The summed E-state index contributed by atoms with van der Waals surface area (Å²) in [6.45, 7) is 4.06. The van der Waals surface area contributed by atoms with E-state index >= 15 is 0 Å². The lowest BCUT2D eigenvalue weighted by Crippen LogP contribution is -2.51. The Morgan fingerprint density at radius 3 is 3.09 bits per heavy atom. The van der Waals surface area contributed by atoms with Gasteiger partial charge in [0.2, 0.25) is 0 Å². The molecule has 0 spiro atoms. The van der Waals surface area contributed by atoms with Crippen LogP contribution in [0.2, 0.25) is 0 Å². The summed E-state index contributed by atoms with van der Waals surface area (Å²) in [4.78, 5) is 12.9. The summed E-state index contributed by atoms with van der Waals surface area (Å²) in [5.41, 5.74) is 5.33. The van der Waals surface area contributed by atoms with Crippen molar-refractivity contribution < 1.29 is 4.79 Å². The second-order valence-electron chi connectivity index (χ2n) is 2.91. The Morgan fingerprint density at radius 2 is 2.55 bits per heavy atom. The van der Waals surface area contributed by atoms with Gasteiger partial charge in [0.15, 0.2) is 0 Å². The zero-order valence-corrected chi connectivity index (χ0v) is 6.84. The molecule has 1 saturated heterocycles. The molecule has 3 N–H and O–H groups in total. The lowest BCUT2D eigenvalue weighted by molar-refractivity contribution is 0.178. The number of nitrogens with one attached hydrogen (secondary N) is 1. The van der Waals surface area contributed by atoms with Gasteiger partial charge in [-0.05, 0) is 13.3 Å². The van der Waals surface area contributed by atoms with Crippen LogP contribution in [-0.4, -0.2) is 36.6 Å². The van der Waals surface area contributed by atoms with Crippen molar-refractivity contribution in [2.45, 2.75) is 19.4 Å². The number of hydrogen-bond donors (Lipinski definition) is 2. The molecule has 4 heteroatoms. The maximum absolute atomic E-state index is 11.2. The quantitative estimate of drug-likeness (QED) is 0.580. The van der Waals surface area contributed by atoms with Crippen LogP contribution in [0, 0.1) is 0 Å². The summed E-state index contributed by atoms with van der Waals surface area (Å²) in [5.74, 6) is 0. The highest BCUT2D eigenvalue weighted by Crippen LogP contribution is 2.03. The average Bonchev–Trinajstić information content (AvgIpc) is 1.95. The molecule has 4 nitrogen and oxygen atoms in total. The smallest absolute Gasteiger partial charge is 0.317 e. The van der Waals surface area contributed by atoms with Crippen molar-refractivity contribution in [1.29, 1.82) is 0 Å². The largest absolute Gasteiger partial charge is 0.335 e. The number of hydrogen-bond acceptors (Lipinski definition) is 2. The normalized spacial score (nSPS) is 25.1. The van der Waals surface area contributed by atoms with Crippen LogP contribution in [0.15, 0.2) is 0 Å². The van der Waals surface area contributed by atoms with Crippen molar-refractivity contribution >= 4 is 6.03 Å². The Hall–Kier alpha value is -0.770. The molecule has 0 saturated carbocycles. The molecule has 1 aliphatic rings. The summed E-state index contributed by atoms with van der Waals surface area (Å²) in [7, 11) is 0. The molecule has 1 rings (SSSR count). The van der Waals surface area contributed by atoms with E-state index in [0.717, 1.165) is 13.0 Å². The Kier molecular flexibility index (Phi) is 2.70. The number of amides is 2. The highest BCUT2D eigenvalue weighted by Gasteiger charge is 2.20. The standard InChI is InChI=1S/C7H15N3O/c1-6-2-4-10(5-3-8)7(11)9-6/h6H,2-5,8H2,1H3,(H,9,11)/t6-/m0/s1. The molecule has 1 heterocycles. The predicted octanol–water partition coefficient (Wildman–Crippen LogP) is -0.251. The lowest BCUT2D eigenvalue weighted by Gasteiger charge is -2.30. The second kappa shape index (κ2) is 3.57. The first kappa shape index (κ1) is 8.33. The average molecular weight is 157 g/mol. The van der Waals surface area contributed by atoms with Gasteiger partial charge in [0.1, 0.15) is 0 Å². The van der Waals surface area contributed by atoms with E-state index in [4.69, 9.17) is 5.73 Å². The Morgan fingerprint density at radius 1 is 1.82 bits per heavy atom. The van der Waals surface area contributed by atoms with Crippen LogP contribution in [-0.2, 0) is 0 Å². The number of nitrogens with two attached hydrogens (primary N) is 1. The van der Waals surface area contributed by atoms with Crippen molar-refractivity contribution in [2.75, 3.05) is 19.6 Å². The van der Waals surface area contributed by atoms with E-state index in [0.29, 0.717) is 19.1 Å². The molecular formula is C7H15N3O. The van der Waals surface area contributed by atoms with Gasteiger partial charge < -0.3 is 16.0 Å². The zero-order chi connectivity index (χ0) is 8.27. The molecule has 0 aromatic rings. The van der Waals surface area contributed by atoms with Crippen LogP contribution < -0.4 is 11.1 Å². The van der Waals surface area contributed by atoms with Crippen molar-refractivity contribution in [3.63, 3.8) is 0 Å². The van der Waals surface area contributed by atoms with E-state index in [1.165, 1.54) is 0 Å². The number of carbonyl (C=O) groups excluding carboxylic acids is 1. The number of nitrogens with zero attached hydrogens (tertiary/aromatic N) is 1. The topological polar surface area (TPSA) is 58.4 Å². The van der Waals surface area contributed by atoms with Crippen molar-refractivity contribution in [2.24, 2.45) is 5.73 Å². The second-order valence-corrected chi connectivity index (χ2v) is 2.91. The van der Waals surface area contributed by atoms with Gasteiger partial charge in [0, 0.05) is 25.7 Å². The summed E-state index contributed by atoms with van der Waals surface area (Å²) in [6, 6.07) is 0.339. The van der Waals surface area contributed by atoms with Gasteiger partial charge in [-0.15, -0.1) is 0 Å². The molecule has 2 amide bonds. The van der Waals surface area contributed by atoms with Gasteiger partial charge in [0.05, 0.1) is 0 Å². The van der Waals surface area contributed by atoms with Gasteiger partial charge >= 0.3 is 6.03 Å². The van der Waals surface area contributed by atoms with Gasteiger partial charge in [-0.2, -0.15) is 0 Å². The van der Waals surface area contributed by atoms with Gasteiger partial charge in [-0.25, -0.2) is 4.79 Å². The number of rotatable bonds is 2. The monoisotopic (exact) mass is 157 g/mol. The Bertz CT molecular complexity index is 149. The minimum absolute atomic E-state index is 0.0224. The maximum Gasteiger partial charge on any atom is 0.317 e. The van der Waals surface area contributed by atoms with Gasteiger partial charge in [-0.3, -0.25) is 0 Å². The van der Waals surface area contributed by atoms with Crippen LogP contribution in [0.5, 0.6) is 0 Å². The first-order chi connectivity index (χ1) is 5.24. The number of carbonyl (C=O) groups is 1. The summed E-state index contributed by atoms with van der Waals surface area (Å²) < 4.78 is 0. The fourth-order valence-electron chi connectivity index (χ4n) is 1.19. The van der Waals surface area contributed by atoms with E-state index in [2.05, 4.69) is 5.32 Å². The van der Waals surface area contributed by atoms with Crippen molar-refractivity contribution in [3.05, 3.63) is 0 Å². The summed E-state index contributed by atoms with van der Waals surface area (Å²) in [5, 5.41) is 2.85. The van der Waals surface area contributed by atoms with Crippen molar-refractivity contribution in [3.8, 4) is 0 Å². The molecule has 1 fully saturated rings. The molecule has 0 aromatic heterocycles. The first-order valence-corrected chi connectivity index (χ1v) is 3.99. The zero-order valence-electron chi connectivity index (χ0n) is 6.84. The third-order valence-electron chi connectivity index (χ3n) is 1.89. The molecule has 0 aliphatic carbocycles. The first-order valence-electron chi connectivity index (χ1n) is 3.99. The molecule has 0 aromatic carbocycles. The molecule has 0 unspecified atom stereocenters.